The van der Waals surface area contributed by atoms with Crippen molar-refractivity contribution in [3.8, 4) is 0 Å². The second-order valence-electron chi connectivity index (χ2n) is 7.21. The van der Waals surface area contributed by atoms with Gasteiger partial charge in [0.05, 0.1) is 0 Å². The van der Waals surface area contributed by atoms with Crippen LogP contribution in [0, 0.1) is 0 Å². The average Bonchev–Trinajstić information content (AvgIpc) is 1.75. The first kappa shape index (κ1) is 14.9. The number of hydrogen-bond donors (Lipinski definition) is 2. The molecular formula is C13H30N2. The minimum atomic E-state index is 0.0888. The van der Waals surface area contributed by atoms with E-state index in [1.165, 1.54) is 0 Å². The van der Waals surface area contributed by atoms with E-state index < -0.39 is 0 Å². The van der Waals surface area contributed by atoms with Crippen molar-refractivity contribution in [2.24, 2.45) is 0 Å². The first-order valence-corrected chi connectivity index (χ1v) is 5.90. The Hall–Kier alpha value is -0.0800. The van der Waals surface area contributed by atoms with Gasteiger partial charge >= 0.3 is 0 Å². The van der Waals surface area contributed by atoms with Gasteiger partial charge in [-0.05, 0) is 62.3 Å². The Morgan fingerprint density at radius 3 is 1.40 bits per heavy atom. The summed E-state index contributed by atoms with van der Waals surface area (Å²) in [6.45, 7) is 20.0. The number of rotatable bonds is 3. The maximum atomic E-state index is 3.66. The first-order chi connectivity index (χ1) is 6.33. The minimum absolute atomic E-state index is 0.0888. The molecule has 0 aromatic carbocycles. The molecule has 0 aromatic heterocycles. The van der Waals surface area contributed by atoms with Crippen LogP contribution in [0.5, 0.6) is 0 Å². The molecule has 0 aromatic rings. The van der Waals surface area contributed by atoms with Gasteiger partial charge in [-0.25, -0.2) is 0 Å². The molecule has 0 saturated carbocycles. The summed E-state index contributed by atoms with van der Waals surface area (Å²) >= 11 is 0. The highest BCUT2D eigenvalue weighted by atomic mass is 15.1. The van der Waals surface area contributed by atoms with Crippen molar-refractivity contribution in [1.29, 1.82) is 0 Å². The molecule has 1 unspecified atom stereocenters. The number of hydrogen-bond acceptors (Lipinski definition) is 2. The van der Waals surface area contributed by atoms with Crippen LogP contribution in [0.2, 0.25) is 0 Å². The van der Waals surface area contributed by atoms with Gasteiger partial charge in [-0.2, -0.15) is 0 Å². The molecule has 0 spiro atoms. The Morgan fingerprint density at radius 1 is 0.733 bits per heavy atom. The summed E-state index contributed by atoms with van der Waals surface area (Å²) < 4.78 is 0. The molecule has 0 aliphatic rings. The van der Waals surface area contributed by atoms with Crippen molar-refractivity contribution < 1.29 is 0 Å². The highest BCUT2D eigenvalue weighted by molar-refractivity contribution is 4.95. The molecular weight excluding hydrogens is 184 g/mol. The SMILES string of the molecule is CC(NC(C)(C)C)C(C)(C)NC(C)(C)C. The highest BCUT2D eigenvalue weighted by Gasteiger charge is 2.31. The zero-order chi connectivity index (χ0) is 12.5. The fourth-order valence-corrected chi connectivity index (χ4v) is 1.90. The topological polar surface area (TPSA) is 24.1 Å². The molecule has 0 aliphatic carbocycles. The Morgan fingerprint density at radius 2 is 1.13 bits per heavy atom. The molecule has 2 nitrogen and oxygen atoms in total. The molecule has 0 saturated heterocycles. The van der Waals surface area contributed by atoms with Gasteiger partial charge in [0.2, 0.25) is 0 Å². The molecule has 0 heterocycles. The lowest BCUT2D eigenvalue weighted by Crippen LogP contribution is -2.62. The average molecular weight is 214 g/mol. The van der Waals surface area contributed by atoms with Crippen LogP contribution in [0.25, 0.3) is 0 Å². The lowest BCUT2D eigenvalue weighted by Gasteiger charge is -2.42. The van der Waals surface area contributed by atoms with Gasteiger partial charge in [0.15, 0.2) is 0 Å². The van der Waals surface area contributed by atoms with Crippen LogP contribution in [0.1, 0.15) is 62.3 Å². The monoisotopic (exact) mass is 214 g/mol. The number of nitrogens with one attached hydrogen (secondary N) is 2. The Kier molecular flexibility index (Phi) is 4.40. The van der Waals surface area contributed by atoms with Crippen LogP contribution in [-0.2, 0) is 0 Å². The molecule has 2 N–H and O–H groups in total. The minimum Gasteiger partial charge on any atom is -0.308 e. The summed E-state index contributed by atoms with van der Waals surface area (Å²) in [6, 6.07) is 0.428. The van der Waals surface area contributed by atoms with Crippen LogP contribution in [0.15, 0.2) is 0 Å². The van der Waals surface area contributed by atoms with Crippen LogP contribution in [0.3, 0.4) is 0 Å². The van der Waals surface area contributed by atoms with E-state index in [-0.39, 0.29) is 16.6 Å². The highest BCUT2D eigenvalue weighted by Crippen LogP contribution is 2.16. The van der Waals surface area contributed by atoms with E-state index in [0.29, 0.717) is 6.04 Å². The zero-order valence-corrected chi connectivity index (χ0v) is 12.1. The van der Waals surface area contributed by atoms with Gasteiger partial charge in [-0.1, -0.05) is 0 Å². The fraction of sp³-hybridized carbons (Fsp3) is 1.00. The maximum Gasteiger partial charge on any atom is 0.0280 e. The Balaban J connectivity index is 4.46. The zero-order valence-electron chi connectivity index (χ0n) is 12.1. The first-order valence-electron chi connectivity index (χ1n) is 5.90. The predicted octanol–water partition coefficient (Wildman–Crippen LogP) is 2.93. The van der Waals surface area contributed by atoms with Crippen LogP contribution in [0.4, 0.5) is 0 Å². The predicted molar refractivity (Wildman–Crippen MR) is 69.3 cm³/mol. The maximum absolute atomic E-state index is 3.66. The quantitative estimate of drug-likeness (QED) is 0.755. The van der Waals surface area contributed by atoms with Crippen molar-refractivity contribution in [2.45, 2.75) is 85.0 Å². The summed E-state index contributed by atoms with van der Waals surface area (Å²) in [5.74, 6) is 0. The molecule has 0 fully saturated rings. The Labute approximate surface area is 96.2 Å². The molecule has 0 amide bonds. The molecule has 0 radical (unpaired) electrons. The van der Waals surface area contributed by atoms with Crippen molar-refractivity contribution in [2.75, 3.05) is 0 Å². The van der Waals surface area contributed by atoms with E-state index in [9.17, 15) is 0 Å². The van der Waals surface area contributed by atoms with E-state index in [2.05, 4.69) is 72.9 Å². The van der Waals surface area contributed by atoms with Crippen molar-refractivity contribution >= 4 is 0 Å². The fourth-order valence-electron chi connectivity index (χ4n) is 1.90. The van der Waals surface area contributed by atoms with Crippen LogP contribution in [-0.4, -0.2) is 22.7 Å². The van der Waals surface area contributed by atoms with Crippen molar-refractivity contribution in [1.82, 2.24) is 10.6 Å². The lowest BCUT2D eigenvalue weighted by atomic mass is 9.90. The van der Waals surface area contributed by atoms with Crippen molar-refractivity contribution in [3.63, 3.8) is 0 Å². The summed E-state index contributed by atoms with van der Waals surface area (Å²) in [6.07, 6.45) is 0. The summed E-state index contributed by atoms with van der Waals surface area (Å²) in [5, 5.41) is 7.27. The molecule has 15 heavy (non-hydrogen) atoms. The van der Waals surface area contributed by atoms with Gasteiger partial charge < -0.3 is 10.6 Å². The molecule has 2 heteroatoms. The summed E-state index contributed by atoms with van der Waals surface area (Å²) in [4.78, 5) is 0. The standard InChI is InChI=1S/C13H30N2/c1-10(14-11(2,3)4)13(8,9)15-12(5,6)7/h10,14-15H,1-9H3. The van der Waals surface area contributed by atoms with E-state index >= 15 is 0 Å². The smallest absolute Gasteiger partial charge is 0.0280 e. The van der Waals surface area contributed by atoms with Gasteiger partial charge in [0.25, 0.3) is 0 Å². The van der Waals surface area contributed by atoms with Crippen LogP contribution < -0.4 is 10.6 Å². The van der Waals surface area contributed by atoms with Gasteiger partial charge in [-0.15, -0.1) is 0 Å². The molecule has 1 atom stereocenters. The van der Waals surface area contributed by atoms with Gasteiger partial charge in [0.1, 0.15) is 0 Å². The van der Waals surface area contributed by atoms with E-state index in [4.69, 9.17) is 0 Å². The third kappa shape index (κ3) is 6.91. The van der Waals surface area contributed by atoms with Gasteiger partial charge in [-0.3, -0.25) is 0 Å². The Bertz CT molecular complexity index is 194. The second-order valence-corrected chi connectivity index (χ2v) is 7.21. The van der Waals surface area contributed by atoms with Crippen LogP contribution >= 0.6 is 0 Å². The van der Waals surface area contributed by atoms with E-state index in [1.807, 2.05) is 0 Å². The molecule has 0 rings (SSSR count). The third-order valence-electron chi connectivity index (χ3n) is 2.43. The molecule has 92 valence electrons. The summed E-state index contributed by atoms with van der Waals surface area (Å²) in [7, 11) is 0. The second kappa shape index (κ2) is 4.42. The van der Waals surface area contributed by atoms with E-state index in [0.717, 1.165) is 0 Å². The van der Waals surface area contributed by atoms with E-state index in [1.54, 1.807) is 0 Å². The molecule has 0 aliphatic heterocycles. The van der Waals surface area contributed by atoms with Crippen molar-refractivity contribution in [3.05, 3.63) is 0 Å². The normalized spacial score (nSPS) is 16.6. The molecule has 0 bridgehead atoms. The lowest BCUT2D eigenvalue weighted by molar-refractivity contribution is 0.199. The largest absolute Gasteiger partial charge is 0.308 e. The summed E-state index contributed by atoms with van der Waals surface area (Å²) in [5.41, 5.74) is 0.402. The van der Waals surface area contributed by atoms with Gasteiger partial charge in [0, 0.05) is 22.7 Å². The third-order valence-corrected chi connectivity index (χ3v) is 2.43.